The Hall–Kier alpha value is -2.89. The molecule has 0 amide bonds. The fourth-order valence-electron chi connectivity index (χ4n) is 2.02. The Balaban J connectivity index is 0.000000647. The second kappa shape index (κ2) is 8.10. The molecule has 2 heterocycles. The number of anilines is 1. The van der Waals surface area contributed by atoms with Crippen molar-refractivity contribution in [2.24, 2.45) is 0 Å². The second-order valence-electron chi connectivity index (χ2n) is 5.29. The molecule has 5 nitrogen and oxygen atoms in total. The number of phenols is 1. The second-order valence-corrected chi connectivity index (χ2v) is 5.29. The van der Waals surface area contributed by atoms with Crippen LogP contribution in [0.4, 0.5) is 10.2 Å². The first-order valence-corrected chi connectivity index (χ1v) is 7.69. The molecule has 0 saturated carbocycles. The zero-order valence-corrected chi connectivity index (χ0v) is 13.7. The maximum Gasteiger partial charge on any atom is 0.170 e. The summed E-state index contributed by atoms with van der Waals surface area (Å²) in [4.78, 5) is 3.98. The minimum Gasteiger partial charge on any atom is -0.505 e. The van der Waals surface area contributed by atoms with Crippen LogP contribution < -0.4 is 5.73 Å². The molecule has 0 atom stereocenters. The fourth-order valence-corrected chi connectivity index (χ4v) is 2.02. The van der Waals surface area contributed by atoms with Crippen LogP contribution in [-0.4, -0.2) is 15.2 Å². The molecule has 0 saturated heterocycles. The molecule has 24 heavy (non-hydrogen) atoms. The zero-order valence-electron chi connectivity index (χ0n) is 13.7. The molecule has 0 aliphatic carbocycles. The molecule has 2 aromatic heterocycles. The molecular formula is C18H20FN3O2. The van der Waals surface area contributed by atoms with Gasteiger partial charge in [0, 0.05) is 18.7 Å². The van der Waals surface area contributed by atoms with Crippen LogP contribution in [0, 0.1) is 5.82 Å². The first kappa shape index (κ1) is 17.5. The summed E-state index contributed by atoms with van der Waals surface area (Å²) < 4.78 is 18.5. The van der Waals surface area contributed by atoms with E-state index in [1.807, 2.05) is 0 Å². The number of nitrogen functional groups attached to an aromatic ring is 1. The molecule has 0 unspecified atom stereocenters. The molecule has 6 heteroatoms. The highest BCUT2D eigenvalue weighted by Gasteiger charge is 2.11. The fraction of sp³-hybridized carbons (Fsp3) is 0.222. The van der Waals surface area contributed by atoms with Gasteiger partial charge in [-0.05, 0) is 29.8 Å². The van der Waals surface area contributed by atoms with Crippen LogP contribution in [0.25, 0.3) is 11.3 Å². The van der Waals surface area contributed by atoms with Gasteiger partial charge in [0.25, 0.3) is 0 Å². The van der Waals surface area contributed by atoms with Gasteiger partial charge in [0.2, 0.25) is 0 Å². The summed E-state index contributed by atoms with van der Waals surface area (Å²) in [5, 5.41) is 13.1. The minimum atomic E-state index is -0.660. The Morgan fingerprint density at radius 3 is 2.62 bits per heavy atom. The molecule has 0 radical (unpaired) electrons. The third-order valence-electron chi connectivity index (χ3n) is 3.06. The number of pyridine rings is 1. The van der Waals surface area contributed by atoms with Gasteiger partial charge in [-0.15, -0.1) is 0 Å². The van der Waals surface area contributed by atoms with Gasteiger partial charge >= 0.3 is 0 Å². The molecule has 126 valence electrons. The van der Waals surface area contributed by atoms with E-state index in [4.69, 9.17) is 15.4 Å². The largest absolute Gasteiger partial charge is 0.505 e. The van der Waals surface area contributed by atoms with Crippen LogP contribution in [0.2, 0.25) is 0 Å². The van der Waals surface area contributed by atoms with E-state index < -0.39 is 5.82 Å². The van der Waals surface area contributed by atoms with E-state index in [1.54, 1.807) is 30.5 Å². The topological polar surface area (TPSA) is 85.2 Å². The number of hydrogen-bond donors (Lipinski definition) is 2. The number of nitrogens with two attached hydrogens (primary N) is 1. The van der Waals surface area contributed by atoms with Crippen molar-refractivity contribution < 1.29 is 14.0 Å². The lowest BCUT2D eigenvalue weighted by molar-refractivity contribution is 0.424. The summed E-state index contributed by atoms with van der Waals surface area (Å²) in [6, 6.07) is 9.48. The predicted octanol–water partition coefficient (Wildman–Crippen LogP) is 4.17. The average Bonchev–Trinajstić information content (AvgIpc) is 3.00. The Bertz CT molecular complexity index is 802. The van der Waals surface area contributed by atoms with Crippen molar-refractivity contribution in [1.29, 1.82) is 0 Å². The number of aromatic nitrogens is 2. The number of nitrogens with zero attached hydrogens (tertiary/aromatic N) is 2. The van der Waals surface area contributed by atoms with Crippen LogP contribution in [0.3, 0.4) is 0 Å². The van der Waals surface area contributed by atoms with Crippen LogP contribution in [0.15, 0.2) is 47.1 Å². The van der Waals surface area contributed by atoms with E-state index in [0.717, 1.165) is 0 Å². The summed E-state index contributed by atoms with van der Waals surface area (Å²) >= 11 is 0. The van der Waals surface area contributed by atoms with E-state index in [0.29, 0.717) is 34.8 Å². The third kappa shape index (κ3) is 4.32. The van der Waals surface area contributed by atoms with Crippen LogP contribution in [0.1, 0.15) is 31.5 Å². The Kier molecular flexibility index (Phi) is 5.89. The van der Waals surface area contributed by atoms with Gasteiger partial charge in [-0.25, -0.2) is 9.37 Å². The number of hydrogen-bond acceptors (Lipinski definition) is 5. The number of benzene rings is 1. The normalized spacial score (nSPS) is 10.1. The van der Waals surface area contributed by atoms with Crippen molar-refractivity contribution in [1.82, 2.24) is 10.1 Å². The number of halogens is 1. The maximum atomic E-state index is 13.3. The summed E-state index contributed by atoms with van der Waals surface area (Å²) in [6.45, 7) is 4.25. The quantitative estimate of drug-likeness (QED) is 0.753. The van der Waals surface area contributed by atoms with E-state index in [9.17, 15) is 4.39 Å². The highest BCUT2D eigenvalue weighted by Crippen LogP contribution is 2.25. The average molecular weight is 329 g/mol. The smallest absolute Gasteiger partial charge is 0.170 e. The van der Waals surface area contributed by atoms with Gasteiger partial charge in [-0.1, -0.05) is 31.5 Å². The molecule has 3 rings (SSSR count). The first-order valence-electron chi connectivity index (χ1n) is 7.69. The number of phenolic OH excluding ortho intramolecular Hbond substituents is 1. The molecule has 3 aromatic rings. The lowest BCUT2D eigenvalue weighted by Gasteiger charge is -1.99. The predicted molar refractivity (Wildman–Crippen MR) is 91.0 cm³/mol. The van der Waals surface area contributed by atoms with Gasteiger partial charge in [0.1, 0.15) is 5.82 Å². The van der Waals surface area contributed by atoms with Gasteiger partial charge in [-0.2, -0.15) is 0 Å². The third-order valence-corrected chi connectivity index (χ3v) is 3.06. The molecule has 0 aliphatic rings. The van der Waals surface area contributed by atoms with Crippen LogP contribution in [-0.2, 0) is 6.42 Å². The van der Waals surface area contributed by atoms with Crippen molar-refractivity contribution in [2.75, 3.05) is 5.73 Å². The minimum absolute atomic E-state index is 0.357. The summed E-state index contributed by atoms with van der Waals surface area (Å²) in [5.74, 6) is -0.166. The monoisotopic (exact) mass is 329 g/mol. The highest BCUT2D eigenvalue weighted by molar-refractivity contribution is 5.69. The van der Waals surface area contributed by atoms with Gasteiger partial charge < -0.3 is 15.4 Å². The molecule has 3 N–H and O–H groups in total. The molecule has 0 aliphatic heterocycles. The Morgan fingerprint density at radius 2 is 1.96 bits per heavy atom. The van der Waals surface area contributed by atoms with Crippen molar-refractivity contribution in [3.63, 3.8) is 0 Å². The highest BCUT2D eigenvalue weighted by atomic mass is 19.1. The Morgan fingerprint density at radius 1 is 1.21 bits per heavy atom. The van der Waals surface area contributed by atoms with Gasteiger partial charge in [0.05, 0.1) is 11.3 Å². The van der Waals surface area contributed by atoms with E-state index >= 15 is 0 Å². The van der Waals surface area contributed by atoms with E-state index in [2.05, 4.69) is 24.0 Å². The van der Waals surface area contributed by atoms with E-state index in [1.165, 1.54) is 18.6 Å². The lowest BCUT2D eigenvalue weighted by atomic mass is 10.1. The molecule has 0 spiro atoms. The van der Waals surface area contributed by atoms with Crippen LogP contribution in [0.5, 0.6) is 5.75 Å². The molecule has 1 aromatic carbocycles. The van der Waals surface area contributed by atoms with Gasteiger partial charge in [0.15, 0.2) is 17.3 Å². The van der Waals surface area contributed by atoms with Crippen LogP contribution >= 0.6 is 0 Å². The summed E-state index contributed by atoms with van der Waals surface area (Å²) in [6.07, 6.45) is 3.23. The van der Waals surface area contributed by atoms with Gasteiger partial charge in [-0.3, -0.25) is 0 Å². The lowest BCUT2D eigenvalue weighted by Crippen LogP contribution is -1.92. The first-order chi connectivity index (χ1) is 11.5. The summed E-state index contributed by atoms with van der Waals surface area (Å²) in [7, 11) is 0. The van der Waals surface area contributed by atoms with E-state index in [-0.39, 0.29) is 5.75 Å². The number of rotatable bonds is 3. The maximum absolute atomic E-state index is 13.3. The van der Waals surface area contributed by atoms with Crippen molar-refractivity contribution >= 4 is 5.82 Å². The summed E-state index contributed by atoms with van der Waals surface area (Å²) in [5.41, 5.74) is 7.76. The molecule has 0 fully saturated rings. The standard InChI is InChI=1S/C15H12FN3O2.C3H8/c16-12-7-9(3-4-13(12)20)6-10-8-14(21-19-10)11-2-1-5-18-15(11)17;1-3-2/h1-5,7-8,20H,6H2,(H2,17,18);3H2,1-2H3. The van der Waals surface area contributed by atoms with Crippen molar-refractivity contribution in [2.45, 2.75) is 26.7 Å². The Labute approximate surface area is 139 Å². The molecule has 0 bridgehead atoms. The number of aromatic hydroxyl groups is 1. The SMILES string of the molecule is CCC.Nc1ncccc1-c1cc(Cc2ccc(O)c(F)c2)no1. The van der Waals surface area contributed by atoms with Crippen molar-refractivity contribution in [3.8, 4) is 17.1 Å². The zero-order chi connectivity index (χ0) is 17.5. The van der Waals surface area contributed by atoms with Crippen molar-refractivity contribution in [3.05, 3.63) is 59.7 Å². The molecular weight excluding hydrogens is 309 g/mol.